The molecule has 1 atom stereocenters. The minimum atomic E-state index is -4.73. The quantitative estimate of drug-likeness (QED) is 0.180. The van der Waals surface area contributed by atoms with Crippen LogP contribution in [0.3, 0.4) is 0 Å². The largest absolute Gasteiger partial charge is 0.478 e. The molecule has 0 bridgehead atoms. The summed E-state index contributed by atoms with van der Waals surface area (Å²) in [6, 6.07) is 31.3. The summed E-state index contributed by atoms with van der Waals surface area (Å²) >= 11 is 0. The summed E-state index contributed by atoms with van der Waals surface area (Å²) in [5, 5.41) is 11.5. The second kappa shape index (κ2) is 12.2. The number of fused-ring (bicyclic) bond motifs is 1. The van der Waals surface area contributed by atoms with Gasteiger partial charge in [0.2, 0.25) is 0 Å². The number of aliphatic carboxylic acids is 1. The summed E-state index contributed by atoms with van der Waals surface area (Å²) in [6.07, 6.45) is -5.82. The Kier molecular flexibility index (Phi) is 8.40. The molecule has 0 aromatic heterocycles. The SMILES string of the molecule is O=C(O)[C@H](Cc1ccccc1)Oc1ccc(N(Cc2ccc3ccccc3c2)S(=O)(=O)c2cccc(C(F)(F)F)c2)cc1. The lowest BCUT2D eigenvalue weighted by molar-refractivity contribution is -0.145. The molecule has 6 nitrogen and oxygen atoms in total. The van der Waals surface area contributed by atoms with Gasteiger partial charge in [-0.2, -0.15) is 13.2 Å². The van der Waals surface area contributed by atoms with Gasteiger partial charge in [-0.05, 0) is 70.4 Å². The number of sulfonamides is 1. The van der Waals surface area contributed by atoms with Crippen LogP contribution in [0.15, 0.2) is 126 Å². The molecule has 1 N–H and O–H groups in total. The summed E-state index contributed by atoms with van der Waals surface area (Å²) in [4.78, 5) is 11.4. The van der Waals surface area contributed by atoms with E-state index in [-0.39, 0.29) is 24.4 Å². The zero-order valence-electron chi connectivity index (χ0n) is 22.6. The number of hydrogen-bond donors (Lipinski definition) is 1. The summed E-state index contributed by atoms with van der Waals surface area (Å²) in [6.45, 7) is -0.171. The number of anilines is 1. The Hall–Kier alpha value is -4.83. The number of alkyl halides is 3. The molecule has 43 heavy (non-hydrogen) atoms. The van der Waals surface area contributed by atoms with Gasteiger partial charge in [-0.3, -0.25) is 4.31 Å². The van der Waals surface area contributed by atoms with Gasteiger partial charge >= 0.3 is 12.1 Å². The molecule has 0 heterocycles. The van der Waals surface area contributed by atoms with Crippen molar-refractivity contribution in [2.24, 2.45) is 0 Å². The van der Waals surface area contributed by atoms with Crippen molar-refractivity contribution >= 4 is 32.5 Å². The molecule has 0 unspecified atom stereocenters. The van der Waals surface area contributed by atoms with E-state index in [1.807, 2.05) is 42.5 Å². The summed E-state index contributed by atoms with van der Waals surface area (Å²) in [7, 11) is -4.48. The van der Waals surface area contributed by atoms with Crippen LogP contribution in [0.25, 0.3) is 10.8 Å². The molecule has 10 heteroatoms. The van der Waals surface area contributed by atoms with Crippen LogP contribution in [-0.4, -0.2) is 25.6 Å². The van der Waals surface area contributed by atoms with Crippen LogP contribution in [0.4, 0.5) is 18.9 Å². The van der Waals surface area contributed by atoms with E-state index in [4.69, 9.17) is 4.74 Å². The summed E-state index contributed by atoms with van der Waals surface area (Å²) < 4.78 is 74.9. The predicted molar refractivity (Wildman–Crippen MR) is 157 cm³/mol. The highest BCUT2D eigenvalue weighted by Crippen LogP contribution is 2.33. The Morgan fingerprint density at radius 1 is 0.767 bits per heavy atom. The van der Waals surface area contributed by atoms with Gasteiger partial charge in [-0.15, -0.1) is 0 Å². The Bertz CT molecular complexity index is 1840. The lowest BCUT2D eigenvalue weighted by Gasteiger charge is -2.26. The van der Waals surface area contributed by atoms with E-state index >= 15 is 0 Å². The Morgan fingerprint density at radius 2 is 1.44 bits per heavy atom. The highest BCUT2D eigenvalue weighted by Gasteiger charge is 2.33. The van der Waals surface area contributed by atoms with E-state index in [0.29, 0.717) is 11.6 Å². The van der Waals surface area contributed by atoms with Crippen molar-refractivity contribution in [2.45, 2.75) is 30.1 Å². The molecule has 0 aliphatic rings. The van der Waals surface area contributed by atoms with Gasteiger partial charge in [-0.25, -0.2) is 13.2 Å². The van der Waals surface area contributed by atoms with E-state index in [1.54, 1.807) is 30.3 Å². The van der Waals surface area contributed by atoms with Crippen LogP contribution in [0.5, 0.6) is 5.75 Å². The van der Waals surface area contributed by atoms with Crippen molar-refractivity contribution in [3.8, 4) is 5.75 Å². The summed E-state index contributed by atoms with van der Waals surface area (Å²) in [5.74, 6) is -0.979. The van der Waals surface area contributed by atoms with Gasteiger partial charge in [0.25, 0.3) is 10.0 Å². The van der Waals surface area contributed by atoms with Crippen molar-refractivity contribution in [3.63, 3.8) is 0 Å². The lowest BCUT2D eigenvalue weighted by Crippen LogP contribution is -2.31. The highest BCUT2D eigenvalue weighted by atomic mass is 32.2. The predicted octanol–water partition coefficient (Wildman–Crippen LogP) is 7.33. The van der Waals surface area contributed by atoms with E-state index in [9.17, 15) is 31.5 Å². The molecule has 0 aliphatic carbocycles. The Morgan fingerprint density at radius 3 is 2.12 bits per heavy atom. The first-order valence-electron chi connectivity index (χ1n) is 13.2. The van der Waals surface area contributed by atoms with Gasteiger partial charge in [0, 0.05) is 6.42 Å². The van der Waals surface area contributed by atoms with Gasteiger partial charge in [0.1, 0.15) is 5.75 Å². The number of benzene rings is 5. The van der Waals surface area contributed by atoms with E-state index in [1.165, 1.54) is 24.3 Å². The first-order chi connectivity index (χ1) is 20.5. The lowest BCUT2D eigenvalue weighted by atomic mass is 10.1. The molecule has 5 rings (SSSR count). The number of ether oxygens (including phenoxy) is 1. The third-order valence-corrected chi connectivity index (χ3v) is 8.60. The average molecular weight is 606 g/mol. The van der Waals surface area contributed by atoms with Crippen molar-refractivity contribution in [2.75, 3.05) is 4.31 Å². The van der Waals surface area contributed by atoms with Crippen LogP contribution in [-0.2, 0) is 34.0 Å². The first-order valence-corrected chi connectivity index (χ1v) is 14.7. The molecule has 0 spiro atoms. The van der Waals surface area contributed by atoms with Crippen molar-refractivity contribution in [1.82, 2.24) is 0 Å². The second-order valence-electron chi connectivity index (χ2n) is 9.85. The Balaban J connectivity index is 1.49. The fourth-order valence-corrected chi connectivity index (χ4v) is 6.14. The molecule has 5 aromatic rings. The first kappa shape index (κ1) is 29.7. The number of carboxylic acid groups (broad SMARTS) is 1. The van der Waals surface area contributed by atoms with Crippen LogP contribution in [0.1, 0.15) is 16.7 Å². The molecule has 220 valence electrons. The van der Waals surface area contributed by atoms with Crippen LogP contribution < -0.4 is 9.04 Å². The molecule has 0 saturated heterocycles. The number of hydrogen-bond acceptors (Lipinski definition) is 4. The van der Waals surface area contributed by atoms with Crippen molar-refractivity contribution < 1.29 is 36.2 Å². The topological polar surface area (TPSA) is 83.9 Å². The second-order valence-corrected chi connectivity index (χ2v) is 11.7. The van der Waals surface area contributed by atoms with Gasteiger partial charge in [0.15, 0.2) is 6.10 Å². The van der Waals surface area contributed by atoms with Gasteiger partial charge < -0.3 is 9.84 Å². The minimum absolute atomic E-state index is 0.107. The van der Waals surface area contributed by atoms with Crippen molar-refractivity contribution in [1.29, 1.82) is 0 Å². The normalized spacial score (nSPS) is 12.5. The molecule has 0 amide bonds. The number of carbonyl (C=O) groups is 1. The number of rotatable bonds is 10. The summed E-state index contributed by atoms with van der Waals surface area (Å²) in [5.41, 5.74) is 0.456. The van der Waals surface area contributed by atoms with Gasteiger partial charge in [0.05, 0.1) is 22.7 Å². The standard InChI is InChI=1S/C33H26F3NO5S/c34-33(35,36)27-11-6-12-30(21-27)43(40,41)37(22-24-13-14-25-9-4-5-10-26(25)19-24)28-15-17-29(18-16-28)42-31(32(38)39)20-23-7-2-1-3-8-23/h1-19,21,31H,20,22H2,(H,38,39)/t31-/m0/s1. The highest BCUT2D eigenvalue weighted by molar-refractivity contribution is 7.92. The molecular weight excluding hydrogens is 579 g/mol. The molecule has 0 radical (unpaired) electrons. The maximum atomic E-state index is 13.9. The zero-order valence-corrected chi connectivity index (χ0v) is 23.4. The third kappa shape index (κ3) is 6.98. The number of halogens is 3. The fraction of sp³-hybridized carbons (Fsp3) is 0.121. The smallest absolute Gasteiger partial charge is 0.416 e. The number of nitrogens with zero attached hydrogens (tertiary/aromatic N) is 1. The van der Waals surface area contributed by atoms with E-state index in [2.05, 4.69) is 0 Å². The van der Waals surface area contributed by atoms with Crippen LogP contribution in [0.2, 0.25) is 0 Å². The molecule has 0 fully saturated rings. The molecule has 0 aliphatic heterocycles. The van der Waals surface area contributed by atoms with Crippen LogP contribution in [0, 0.1) is 0 Å². The molecule has 5 aromatic carbocycles. The average Bonchev–Trinajstić information content (AvgIpc) is 3.00. The molecule has 0 saturated carbocycles. The monoisotopic (exact) mass is 605 g/mol. The van der Waals surface area contributed by atoms with E-state index in [0.717, 1.165) is 38.8 Å². The minimum Gasteiger partial charge on any atom is -0.478 e. The number of carboxylic acids is 1. The third-order valence-electron chi connectivity index (χ3n) is 6.83. The maximum Gasteiger partial charge on any atom is 0.416 e. The van der Waals surface area contributed by atoms with Gasteiger partial charge in [-0.1, -0.05) is 72.8 Å². The molecular formula is C33H26F3NO5S. The zero-order chi connectivity index (χ0) is 30.6. The fourth-order valence-electron chi connectivity index (χ4n) is 4.64. The van der Waals surface area contributed by atoms with E-state index < -0.39 is 38.7 Å². The Labute approximate surface area is 246 Å². The van der Waals surface area contributed by atoms with Crippen molar-refractivity contribution in [3.05, 3.63) is 138 Å². The maximum absolute atomic E-state index is 13.9. The van der Waals surface area contributed by atoms with Crippen LogP contribution >= 0.6 is 0 Å².